The molecule has 0 unspecified atom stereocenters. The number of hydrogen-bond acceptors (Lipinski definition) is 6. The van der Waals surface area contributed by atoms with E-state index in [-0.39, 0.29) is 22.4 Å². The standard InChI is InChI=1S/C22H24N4O4S2/c1-14(20(27)23-15-7-6-8-17(13-15)32(29,30)25(2)3)31-22-24-19-10-5-4-9-18(19)21(28)26(22)16-11-12-16/h4-10,13-14,16H,11-12H2,1-3H3,(H,23,27)/t14-/m0/s1. The molecule has 0 aliphatic heterocycles. The highest BCUT2D eigenvalue weighted by molar-refractivity contribution is 8.00. The van der Waals surface area contributed by atoms with E-state index in [1.54, 1.807) is 35.8 Å². The number of carbonyl (C=O) groups excluding carboxylic acids is 1. The van der Waals surface area contributed by atoms with E-state index in [0.29, 0.717) is 21.7 Å². The fourth-order valence-electron chi connectivity index (χ4n) is 3.26. The normalized spacial score (nSPS) is 15.1. The molecule has 1 aliphatic rings. The second-order valence-electron chi connectivity index (χ2n) is 7.88. The zero-order valence-corrected chi connectivity index (χ0v) is 19.6. The van der Waals surface area contributed by atoms with Gasteiger partial charge in [0, 0.05) is 25.8 Å². The molecule has 0 radical (unpaired) electrons. The fourth-order valence-corrected chi connectivity index (χ4v) is 5.19. The number of rotatable bonds is 7. The Labute approximate surface area is 190 Å². The van der Waals surface area contributed by atoms with Crippen molar-refractivity contribution < 1.29 is 13.2 Å². The summed E-state index contributed by atoms with van der Waals surface area (Å²) in [6.07, 6.45) is 1.84. The van der Waals surface area contributed by atoms with Gasteiger partial charge in [-0.05, 0) is 50.1 Å². The Hall–Kier alpha value is -2.69. The molecule has 1 fully saturated rings. The van der Waals surface area contributed by atoms with E-state index in [0.717, 1.165) is 17.1 Å². The number of thioether (sulfide) groups is 1. The minimum absolute atomic E-state index is 0.0881. The molecule has 1 heterocycles. The number of aromatic nitrogens is 2. The Morgan fingerprint density at radius 2 is 1.91 bits per heavy atom. The van der Waals surface area contributed by atoms with Crippen LogP contribution in [0.1, 0.15) is 25.8 Å². The molecule has 2 aromatic carbocycles. The van der Waals surface area contributed by atoms with E-state index in [2.05, 4.69) is 10.3 Å². The van der Waals surface area contributed by atoms with Gasteiger partial charge in [0.1, 0.15) is 0 Å². The molecule has 168 valence electrons. The highest BCUT2D eigenvalue weighted by atomic mass is 32.2. The fraction of sp³-hybridized carbons (Fsp3) is 0.318. The lowest BCUT2D eigenvalue weighted by Gasteiger charge is -2.17. The van der Waals surface area contributed by atoms with E-state index in [1.807, 2.05) is 12.1 Å². The molecule has 3 aromatic rings. The monoisotopic (exact) mass is 472 g/mol. The Morgan fingerprint density at radius 3 is 2.59 bits per heavy atom. The summed E-state index contributed by atoms with van der Waals surface area (Å²) in [7, 11) is -0.702. The molecule has 8 nitrogen and oxygen atoms in total. The number of nitrogens with one attached hydrogen (secondary N) is 1. The summed E-state index contributed by atoms with van der Waals surface area (Å²) in [6, 6.07) is 13.5. The van der Waals surface area contributed by atoms with Crippen molar-refractivity contribution in [2.45, 2.75) is 41.1 Å². The molecule has 1 saturated carbocycles. The predicted octanol–water partition coefficient (Wildman–Crippen LogP) is 3.10. The quantitative estimate of drug-likeness (QED) is 0.419. The van der Waals surface area contributed by atoms with Crippen molar-refractivity contribution in [1.82, 2.24) is 13.9 Å². The third kappa shape index (κ3) is 4.43. The van der Waals surface area contributed by atoms with Crippen LogP contribution in [0, 0.1) is 0 Å². The molecule has 1 amide bonds. The molecule has 1 N–H and O–H groups in total. The van der Waals surface area contributed by atoms with Crippen LogP contribution in [-0.4, -0.2) is 47.5 Å². The van der Waals surface area contributed by atoms with Gasteiger partial charge in [-0.3, -0.25) is 14.2 Å². The number of fused-ring (bicyclic) bond motifs is 1. The van der Waals surface area contributed by atoms with Crippen molar-refractivity contribution in [2.75, 3.05) is 19.4 Å². The van der Waals surface area contributed by atoms with Crippen LogP contribution in [0.15, 0.2) is 63.4 Å². The predicted molar refractivity (Wildman–Crippen MR) is 126 cm³/mol. The van der Waals surface area contributed by atoms with Gasteiger partial charge in [0.25, 0.3) is 5.56 Å². The molecular weight excluding hydrogens is 448 g/mol. The molecule has 1 aliphatic carbocycles. The molecule has 0 saturated heterocycles. The maximum Gasteiger partial charge on any atom is 0.262 e. The Bertz CT molecular complexity index is 1350. The number of anilines is 1. The number of hydrogen-bond donors (Lipinski definition) is 1. The van der Waals surface area contributed by atoms with Crippen molar-refractivity contribution in [3.63, 3.8) is 0 Å². The average molecular weight is 473 g/mol. The van der Waals surface area contributed by atoms with Crippen molar-refractivity contribution >= 4 is 44.3 Å². The first-order valence-electron chi connectivity index (χ1n) is 10.2. The van der Waals surface area contributed by atoms with E-state index >= 15 is 0 Å². The zero-order chi connectivity index (χ0) is 23.0. The number of carbonyl (C=O) groups is 1. The summed E-state index contributed by atoms with van der Waals surface area (Å²) in [5, 5.41) is 3.30. The Morgan fingerprint density at radius 1 is 1.19 bits per heavy atom. The zero-order valence-electron chi connectivity index (χ0n) is 18.0. The van der Waals surface area contributed by atoms with Crippen molar-refractivity contribution in [3.05, 3.63) is 58.9 Å². The Kier molecular flexibility index (Phi) is 6.11. The van der Waals surface area contributed by atoms with Gasteiger partial charge in [-0.25, -0.2) is 17.7 Å². The van der Waals surface area contributed by atoms with Crippen LogP contribution in [0.3, 0.4) is 0 Å². The molecular formula is C22H24N4O4S2. The third-order valence-electron chi connectivity index (χ3n) is 5.22. The van der Waals surface area contributed by atoms with Gasteiger partial charge in [0.15, 0.2) is 5.16 Å². The first-order valence-corrected chi connectivity index (χ1v) is 12.5. The van der Waals surface area contributed by atoms with Crippen LogP contribution < -0.4 is 10.9 Å². The summed E-state index contributed by atoms with van der Waals surface area (Å²) in [4.78, 5) is 30.6. The molecule has 0 spiro atoms. The number of nitrogens with zero attached hydrogens (tertiary/aromatic N) is 3. The van der Waals surface area contributed by atoms with Gasteiger partial charge in [0.05, 0.1) is 21.0 Å². The van der Waals surface area contributed by atoms with Crippen LogP contribution in [0.25, 0.3) is 10.9 Å². The van der Waals surface area contributed by atoms with Gasteiger partial charge in [-0.15, -0.1) is 0 Å². The molecule has 10 heteroatoms. The van der Waals surface area contributed by atoms with Crippen LogP contribution in [-0.2, 0) is 14.8 Å². The van der Waals surface area contributed by atoms with Gasteiger partial charge in [-0.1, -0.05) is 30.0 Å². The van der Waals surface area contributed by atoms with Gasteiger partial charge < -0.3 is 5.32 Å². The van der Waals surface area contributed by atoms with Crippen molar-refractivity contribution in [3.8, 4) is 0 Å². The number of benzene rings is 2. The highest BCUT2D eigenvalue weighted by Crippen LogP contribution is 2.37. The molecule has 32 heavy (non-hydrogen) atoms. The van der Waals surface area contributed by atoms with Crippen LogP contribution in [0.5, 0.6) is 0 Å². The largest absolute Gasteiger partial charge is 0.325 e. The molecule has 0 bridgehead atoms. The van der Waals surface area contributed by atoms with Gasteiger partial charge in [0.2, 0.25) is 15.9 Å². The van der Waals surface area contributed by atoms with Gasteiger partial charge >= 0.3 is 0 Å². The number of amides is 1. The maximum absolute atomic E-state index is 13.0. The third-order valence-corrected chi connectivity index (χ3v) is 8.10. The SMILES string of the molecule is C[C@H](Sc1nc2ccccc2c(=O)n1C1CC1)C(=O)Nc1cccc(S(=O)(=O)N(C)C)c1. The summed E-state index contributed by atoms with van der Waals surface area (Å²) in [6.45, 7) is 1.74. The molecule has 1 aromatic heterocycles. The van der Waals surface area contributed by atoms with Crippen LogP contribution in [0.2, 0.25) is 0 Å². The molecule has 1 atom stereocenters. The molecule has 4 rings (SSSR count). The topological polar surface area (TPSA) is 101 Å². The lowest BCUT2D eigenvalue weighted by molar-refractivity contribution is -0.115. The van der Waals surface area contributed by atoms with E-state index in [4.69, 9.17) is 0 Å². The van der Waals surface area contributed by atoms with E-state index in [1.165, 1.54) is 38.0 Å². The summed E-state index contributed by atoms with van der Waals surface area (Å²) in [5.74, 6) is -0.306. The highest BCUT2D eigenvalue weighted by Gasteiger charge is 2.30. The summed E-state index contributed by atoms with van der Waals surface area (Å²) >= 11 is 1.22. The second-order valence-corrected chi connectivity index (χ2v) is 11.3. The lowest BCUT2D eigenvalue weighted by atomic mass is 10.2. The van der Waals surface area contributed by atoms with Crippen LogP contribution >= 0.6 is 11.8 Å². The summed E-state index contributed by atoms with van der Waals surface area (Å²) in [5.41, 5.74) is 0.900. The summed E-state index contributed by atoms with van der Waals surface area (Å²) < 4.78 is 27.5. The number of sulfonamides is 1. The van der Waals surface area contributed by atoms with E-state index in [9.17, 15) is 18.0 Å². The first-order chi connectivity index (χ1) is 15.2. The van der Waals surface area contributed by atoms with Crippen molar-refractivity contribution in [1.29, 1.82) is 0 Å². The van der Waals surface area contributed by atoms with Crippen LogP contribution in [0.4, 0.5) is 5.69 Å². The smallest absolute Gasteiger partial charge is 0.262 e. The minimum atomic E-state index is -3.61. The first kappa shape index (κ1) is 22.5. The lowest BCUT2D eigenvalue weighted by Crippen LogP contribution is -2.27. The maximum atomic E-state index is 13.0. The Balaban J connectivity index is 1.57. The van der Waals surface area contributed by atoms with Gasteiger partial charge in [-0.2, -0.15) is 0 Å². The van der Waals surface area contributed by atoms with E-state index < -0.39 is 15.3 Å². The number of para-hydroxylation sites is 1. The minimum Gasteiger partial charge on any atom is -0.325 e. The van der Waals surface area contributed by atoms with Crippen molar-refractivity contribution in [2.24, 2.45) is 0 Å². The second kappa shape index (κ2) is 8.68. The average Bonchev–Trinajstić information content (AvgIpc) is 3.59.